The summed E-state index contributed by atoms with van der Waals surface area (Å²) in [7, 11) is 0. The van der Waals surface area contributed by atoms with E-state index in [1.807, 2.05) is 12.1 Å². The van der Waals surface area contributed by atoms with E-state index in [9.17, 15) is 4.39 Å². The van der Waals surface area contributed by atoms with Crippen molar-refractivity contribution < 1.29 is 9.13 Å². The molecule has 0 saturated heterocycles. The fraction of sp³-hybridized carbons (Fsp3) is 0.200. The minimum Gasteiger partial charge on any atom is -0.457 e. The molecule has 18 heavy (non-hydrogen) atoms. The highest BCUT2D eigenvalue weighted by Crippen LogP contribution is 2.29. The Balaban J connectivity index is 1.88. The van der Waals surface area contributed by atoms with Gasteiger partial charge in [-0.1, -0.05) is 6.07 Å². The van der Waals surface area contributed by atoms with Crippen LogP contribution in [0.15, 0.2) is 36.4 Å². The Morgan fingerprint density at radius 3 is 2.61 bits per heavy atom. The molecule has 0 unspecified atom stereocenters. The van der Waals surface area contributed by atoms with Gasteiger partial charge >= 0.3 is 0 Å². The summed E-state index contributed by atoms with van der Waals surface area (Å²) >= 11 is 0. The van der Waals surface area contributed by atoms with Crippen molar-refractivity contribution in [2.75, 3.05) is 5.73 Å². The highest BCUT2D eigenvalue weighted by Gasteiger charge is 2.11. The van der Waals surface area contributed by atoms with Crippen molar-refractivity contribution in [1.82, 2.24) is 0 Å². The summed E-state index contributed by atoms with van der Waals surface area (Å²) in [5.74, 6) is 0.789. The van der Waals surface area contributed by atoms with E-state index in [4.69, 9.17) is 10.5 Å². The number of hydrogen-bond donors (Lipinski definition) is 1. The van der Waals surface area contributed by atoms with E-state index in [0.29, 0.717) is 11.4 Å². The zero-order valence-corrected chi connectivity index (χ0v) is 9.95. The smallest absolute Gasteiger partial charge is 0.132 e. The van der Waals surface area contributed by atoms with Crippen molar-refractivity contribution >= 4 is 5.69 Å². The number of nitrogen functional groups attached to an aromatic ring is 1. The minimum atomic E-state index is -0.383. The topological polar surface area (TPSA) is 35.2 Å². The number of halogens is 1. The van der Waals surface area contributed by atoms with Gasteiger partial charge in [-0.3, -0.25) is 0 Å². The molecule has 0 heterocycles. The quantitative estimate of drug-likeness (QED) is 0.816. The van der Waals surface area contributed by atoms with Gasteiger partial charge in [0.15, 0.2) is 0 Å². The Labute approximate surface area is 105 Å². The number of nitrogens with two attached hydrogens (primary N) is 1. The van der Waals surface area contributed by atoms with Crippen LogP contribution in [0, 0.1) is 5.82 Å². The predicted octanol–water partition coefficient (Wildman–Crippen LogP) is 3.69. The molecule has 2 aromatic rings. The highest BCUT2D eigenvalue weighted by molar-refractivity contribution is 5.47. The molecule has 0 atom stereocenters. The molecule has 0 spiro atoms. The van der Waals surface area contributed by atoms with E-state index in [2.05, 4.69) is 6.07 Å². The van der Waals surface area contributed by atoms with Crippen molar-refractivity contribution in [3.8, 4) is 11.5 Å². The molecule has 0 bridgehead atoms. The van der Waals surface area contributed by atoms with Crippen molar-refractivity contribution in [3.63, 3.8) is 0 Å². The van der Waals surface area contributed by atoms with Crippen molar-refractivity contribution in [1.29, 1.82) is 0 Å². The summed E-state index contributed by atoms with van der Waals surface area (Å²) in [4.78, 5) is 0. The lowest BCUT2D eigenvalue weighted by Gasteiger charge is -2.08. The summed E-state index contributed by atoms with van der Waals surface area (Å²) in [6.07, 6.45) is 3.44. The van der Waals surface area contributed by atoms with Crippen LogP contribution < -0.4 is 10.5 Å². The van der Waals surface area contributed by atoms with E-state index < -0.39 is 0 Å². The van der Waals surface area contributed by atoms with Gasteiger partial charge in [0.2, 0.25) is 0 Å². The Morgan fingerprint density at radius 1 is 0.944 bits per heavy atom. The van der Waals surface area contributed by atoms with Crippen LogP contribution in [0.2, 0.25) is 0 Å². The Bertz CT molecular complexity index is 575. The standard InChI is InChI=1S/C15H14FNO/c16-12-7-13(17)9-15(8-12)18-14-5-4-10-2-1-3-11(10)6-14/h4-9H,1-3,17H2. The van der Waals surface area contributed by atoms with Crippen molar-refractivity contribution in [2.45, 2.75) is 19.3 Å². The lowest BCUT2D eigenvalue weighted by molar-refractivity contribution is 0.476. The zero-order valence-electron chi connectivity index (χ0n) is 9.95. The third-order valence-corrected chi connectivity index (χ3v) is 3.20. The Morgan fingerprint density at radius 2 is 1.78 bits per heavy atom. The first kappa shape index (κ1) is 11.1. The number of fused-ring (bicyclic) bond motifs is 1. The maximum Gasteiger partial charge on any atom is 0.132 e. The molecular weight excluding hydrogens is 229 g/mol. The lowest BCUT2D eigenvalue weighted by atomic mass is 10.1. The van der Waals surface area contributed by atoms with E-state index in [1.54, 1.807) is 6.07 Å². The molecule has 2 N–H and O–H groups in total. The SMILES string of the molecule is Nc1cc(F)cc(Oc2ccc3c(c2)CCC3)c1. The van der Waals surface area contributed by atoms with E-state index in [0.717, 1.165) is 18.6 Å². The third kappa shape index (κ3) is 2.16. The summed E-state index contributed by atoms with van der Waals surface area (Å²) in [5.41, 5.74) is 8.67. The third-order valence-electron chi connectivity index (χ3n) is 3.20. The van der Waals surface area contributed by atoms with Gasteiger partial charge in [0.1, 0.15) is 17.3 Å². The van der Waals surface area contributed by atoms with Crippen LogP contribution in [-0.2, 0) is 12.8 Å². The lowest BCUT2D eigenvalue weighted by Crippen LogP contribution is -1.91. The molecule has 0 fully saturated rings. The normalized spacial score (nSPS) is 13.4. The van der Waals surface area contributed by atoms with Crippen LogP contribution in [0.4, 0.5) is 10.1 Å². The summed E-state index contributed by atoms with van der Waals surface area (Å²) in [5, 5.41) is 0. The van der Waals surface area contributed by atoms with Crippen LogP contribution in [0.5, 0.6) is 11.5 Å². The molecule has 1 aliphatic rings. The van der Waals surface area contributed by atoms with Crippen LogP contribution in [0.3, 0.4) is 0 Å². The van der Waals surface area contributed by atoms with Crippen LogP contribution in [0.1, 0.15) is 17.5 Å². The second-order valence-corrected chi connectivity index (χ2v) is 4.61. The van der Waals surface area contributed by atoms with Gasteiger partial charge in [-0.25, -0.2) is 4.39 Å². The van der Waals surface area contributed by atoms with E-state index in [1.165, 1.54) is 29.7 Å². The van der Waals surface area contributed by atoms with Gasteiger partial charge in [0.05, 0.1) is 0 Å². The average molecular weight is 243 g/mol. The van der Waals surface area contributed by atoms with Crippen LogP contribution in [-0.4, -0.2) is 0 Å². The molecule has 2 nitrogen and oxygen atoms in total. The molecule has 1 aliphatic carbocycles. The number of benzene rings is 2. The van der Waals surface area contributed by atoms with Gasteiger partial charge in [-0.2, -0.15) is 0 Å². The largest absolute Gasteiger partial charge is 0.457 e. The molecular formula is C15H14FNO. The summed E-state index contributed by atoms with van der Waals surface area (Å²) in [6.45, 7) is 0. The first-order valence-corrected chi connectivity index (χ1v) is 6.06. The first-order chi connectivity index (χ1) is 8.70. The predicted molar refractivity (Wildman–Crippen MR) is 69.4 cm³/mol. The second kappa shape index (κ2) is 4.33. The molecule has 0 saturated carbocycles. The molecule has 3 heteroatoms. The highest BCUT2D eigenvalue weighted by atomic mass is 19.1. The Kier molecular flexibility index (Phi) is 2.67. The van der Waals surface area contributed by atoms with Crippen LogP contribution in [0.25, 0.3) is 0 Å². The average Bonchev–Trinajstić information content (AvgIpc) is 2.74. The van der Waals surface area contributed by atoms with E-state index in [-0.39, 0.29) is 5.82 Å². The zero-order chi connectivity index (χ0) is 12.5. The summed E-state index contributed by atoms with van der Waals surface area (Å²) in [6, 6.07) is 10.3. The fourth-order valence-electron chi connectivity index (χ4n) is 2.39. The molecule has 0 aromatic heterocycles. The maximum absolute atomic E-state index is 13.2. The second-order valence-electron chi connectivity index (χ2n) is 4.61. The number of aryl methyl sites for hydroxylation is 2. The number of rotatable bonds is 2. The van der Waals surface area contributed by atoms with E-state index >= 15 is 0 Å². The van der Waals surface area contributed by atoms with Gasteiger partial charge in [-0.05, 0) is 48.6 Å². The van der Waals surface area contributed by atoms with Crippen molar-refractivity contribution in [3.05, 3.63) is 53.3 Å². The van der Waals surface area contributed by atoms with Crippen LogP contribution >= 0.6 is 0 Å². The van der Waals surface area contributed by atoms with Gasteiger partial charge in [0, 0.05) is 17.8 Å². The molecule has 92 valence electrons. The van der Waals surface area contributed by atoms with Crippen molar-refractivity contribution in [2.24, 2.45) is 0 Å². The molecule has 3 rings (SSSR count). The Hall–Kier alpha value is -2.03. The fourth-order valence-corrected chi connectivity index (χ4v) is 2.39. The number of anilines is 1. The number of hydrogen-bond acceptors (Lipinski definition) is 2. The van der Waals surface area contributed by atoms with Gasteiger partial charge < -0.3 is 10.5 Å². The monoisotopic (exact) mass is 243 g/mol. The number of ether oxygens (including phenoxy) is 1. The molecule has 0 amide bonds. The maximum atomic E-state index is 13.2. The molecule has 2 aromatic carbocycles. The first-order valence-electron chi connectivity index (χ1n) is 6.06. The van der Waals surface area contributed by atoms with Gasteiger partial charge in [-0.15, -0.1) is 0 Å². The molecule has 0 radical (unpaired) electrons. The summed E-state index contributed by atoms with van der Waals surface area (Å²) < 4.78 is 18.8. The minimum absolute atomic E-state index is 0.367. The van der Waals surface area contributed by atoms with Gasteiger partial charge in [0.25, 0.3) is 0 Å². The molecule has 0 aliphatic heterocycles.